The van der Waals surface area contributed by atoms with E-state index in [1.165, 1.54) is 16.7 Å². The third kappa shape index (κ3) is 2.70. The quantitative estimate of drug-likeness (QED) is 0.830. The second-order valence-corrected chi connectivity index (χ2v) is 5.98. The smallest absolute Gasteiger partial charge is 0.316 e. The number of anilines is 1. The average molecular weight is 331 g/mol. The first-order valence-electron chi connectivity index (χ1n) is 6.52. The second-order valence-electron chi connectivity index (χ2n) is 5.07. The summed E-state index contributed by atoms with van der Waals surface area (Å²) in [5.41, 5.74) is 4.44. The fourth-order valence-electron chi connectivity index (χ4n) is 2.35. The Morgan fingerprint density at radius 2 is 1.80 bits per heavy atom. The van der Waals surface area contributed by atoms with E-state index < -0.39 is 0 Å². The maximum Gasteiger partial charge on any atom is 0.322 e. The zero-order valence-electron chi connectivity index (χ0n) is 11.2. The molecule has 0 spiro atoms. The van der Waals surface area contributed by atoms with Crippen LogP contribution in [-0.4, -0.2) is 10.9 Å². The van der Waals surface area contributed by atoms with E-state index in [4.69, 9.17) is 0 Å². The van der Waals surface area contributed by atoms with Gasteiger partial charge in [-0.25, -0.2) is 4.79 Å². The summed E-state index contributed by atoms with van der Waals surface area (Å²) in [6.45, 7) is 3.35. The number of hydrogen-bond acceptors (Lipinski definition) is 1. The molecule has 20 heavy (non-hydrogen) atoms. The van der Waals surface area contributed by atoms with Crippen LogP contribution in [0.3, 0.4) is 0 Å². The van der Waals surface area contributed by atoms with Crippen LogP contribution in [0.1, 0.15) is 16.7 Å². The minimum absolute atomic E-state index is 0.0545. The van der Waals surface area contributed by atoms with Crippen molar-refractivity contribution >= 4 is 27.6 Å². The highest BCUT2D eigenvalue weighted by Crippen LogP contribution is 2.26. The highest BCUT2D eigenvalue weighted by atomic mass is 79.9. The van der Waals surface area contributed by atoms with E-state index in [0.717, 1.165) is 10.2 Å². The number of benzene rings is 2. The van der Waals surface area contributed by atoms with Crippen molar-refractivity contribution in [3.8, 4) is 0 Å². The van der Waals surface area contributed by atoms with Crippen molar-refractivity contribution in [1.82, 2.24) is 4.90 Å². The Morgan fingerprint density at radius 1 is 1.10 bits per heavy atom. The minimum Gasteiger partial charge on any atom is -0.316 e. The van der Waals surface area contributed by atoms with E-state index in [0.29, 0.717) is 13.1 Å². The first-order valence-corrected chi connectivity index (χ1v) is 7.31. The summed E-state index contributed by atoms with van der Waals surface area (Å²) in [6.07, 6.45) is 0. The Hall–Kier alpha value is -1.81. The molecule has 3 rings (SSSR count). The van der Waals surface area contributed by atoms with Gasteiger partial charge in [0.05, 0.1) is 0 Å². The van der Waals surface area contributed by atoms with Crippen LogP contribution in [0.2, 0.25) is 0 Å². The van der Waals surface area contributed by atoms with Crippen molar-refractivity contribution in [1.29, 1.82) is 0 Å². The van der Waals surface area contributed by atoms with Crippen LogP contribution < -0.4 is 5.32 Å². The van der Waals surface area contributed by atoms with Crippen molar-refractivity contribution < 1.29 is 4.79 Å². The van der Waals surface area contributed by atoms with Gasteiger partial charge in [0.2, 0.25) is 0 Å². The Kier molecular flexibility index (Phi) is 3.49. The van der Waals surface area contributed by atoms with E-state index in [9.17, 15) is 4.79 Å². The number of halogens is 1. The molecule has 0 saturated carbocycles. The Bertz CT molecular complexity index is 652. The molecule has 2 aromatic rings. The van der Waals surface area contributed by atoms with Crippen molar-refractivity contribution in [3.05, 3.63) is 63.6 Å². The number of hydrogen-bond donors (Lipinski definition) is 1. The van der Waals surface area contributed by atoms with Crippen molar-refractivity contribution in [2.24, 2.45) is 0 Å². The Balaban J connectivity index is 1.69. The number of amides is 2. The lowest BCUT2D eigenvalue weighted by molar-refractivity contribution is 0.212. The fraction of sp³-hybridized carbons (Fsp3) is 0.188. The summed E-state index contributed by atoms with van der Waals surface area (Å²) in [4.78, 5) is 14.1. The third-order valence-corrected chi connectivity index (χ3v) is 3.97. The zero-order valence-corrected chi connectivity index (χ0v) is 12.8. The molecule has 1 heterocycles. The summed E-state index contributed by atoms with van der Waals surface area (Å²) in [5.74, 6) is 0. The van der Waals surface area contributed by atoms with Gasteiger partial charge in [-0.3, -0.25) is 0 Å². The molecule has 2 amide bonds. The molecule has 3 nitrogen and oxygen atoms in total. The zero-order chi connectivity index (χ0) is 14.1. The van der Waals surface area contributed by atoms with E-state index in [1.807, 2.05) is 42.2 Å². The number of rotatable bonds is 1. The third-order valence-electron chi connectivity index (χ3n) is 3.48. The molecule has 1 aliphatic heterocycles. The molecule has 0 fully saturated rings. The summed E-state index contributed by atoms with van der Waals surface area (Å²) < 4.78 is 1.05. The van der Waals surface area contributed by atoms with Crippen LogP contribution in [0.25, 0.3) is 0 Å². The molecule has 102 valence electrons. The predicted molar refractivity (Wildman–Crippen MR) is 83.6 cm³/mol. The van der Waals surface area contributed by atoms with E-state index in [-0.39, 0.29) is 6.03 Å². The lowest BCUT2D eigenvalue weighted by Gasteiger charge is -2.16. The monoisotopic (exact) mass is 330 g/mol. The maximum atomic E-state index is 12.3. The molecule has 0 saturated heterocycles. The molecule has 0 aliphatic carbocycles. The van der Waals surface area contributed by atoms with E-state index >= 15 is 0 Å². The summed E-state index contributed by atoms with van der Waals surface area (Å²) in [5, 5.41) is 2.94. The fourth-order valence-corrected chi connectivity index (χ4v) is 2.75. The minimum atomic E-state index is -0.0545. The molecular formula is C16H15BrN2O. The van der Waals surface area contributed by atoms with Crippen LogP contribution in [0.4, 0.5) is 10.5 Å². The Morgan fingerprint density at radius 3 is 2.55 bits per heavy atom. The Labute approximate surface area is 126 Å². The number of nitrogens with zero attached hydrogens (tertiary/aromatic N) is 1. The number of aryl methyl sites for hydroxylation is 1. The van der Waals surface area contributed by atoms with Gasteiger partial charge in [-0.2, -0.15) is 0 Å². The first-order chi connectivity index (χ1) is 9.61. The highest BCUT2D eigenvalue weighted by molar-refractivity contribution is 9.10. The summed E-state index contributed by atoms with van der Waals surface area (Å²) in [6, 6.07) is 13.9. The molecule has 1 aliphatic rings. The molecule has 4 heteroatoms. The van der Waals surface area contributed by atoms with Gasteiger partial charge in [0.25, 0.3) is 0 Å². The number of urea groups is 1. The van der Waals surface area contributed by atoms with Gasteiger partial charge >= 0.3 is 6.03 Å². The van der Waals surface area contributed by atoms with Gasteiger partial charge in [0, 0.05) is 23.2 Å². The topological polar surface area (TPSA) is 32.3 Å². The normalized spacial score (nSPS) is 13.2. The predicted octanol–water partition coefficient (Wildman–Crippen LogP) is 4.31. The van der Waals surface area contributed by atoms with Crippen molar-refractivity contribution in [2.45, 2.75) is 20.0 Å². The molecule has 0 bridgehead atoms. The van der Waals surface area contributed by atoms with Gasteiger partial charge in [-0.1, -0.05) is 39.7 Å². The van der Waals surface area contributed by atoms with Crippen LogP contribution in [0, 0.1) is 6.92 Å². The standard InChI is InChI=1S/C16H15BrN2O/c1-11-2-6-15(7-3-11)18-16(20)19-9-12-4-5-14(17)8-13(12)10-19/h2-8H,9-10H2,1H3,(H,18,20). The molecule has 0 atom stereocenters. The van der Waals surface area contributed by atoms with Gasteiger partial charge in [-0.05, 0) is 42.3 Å². The molecule has 0 radical (unpaired) electrons. The number of carbonyl (C=O) groups excluding carboxylic acids is 1. The summed E-state index contributed by atoms with van der Waals surface area (Å²) >= 11 is 3.46. The van der Waals surface area contributed by atoms with Gasteiger partial charge in [-0.15, -0.1) is 0 Å². The number of fused-ring (bicyclic) bond motifs is 1. The van der Waals surface area contributed by atoms with Crippen molar-refractivity contribution in [2.75, 3.05) is 5.32 Å². The van der Waals surface area contributed by atoms with Crippen LogP contribution in [0.15, 0.2) is 46.9 Å². The van der Waals surface area contributed by atoms with Gasteiger partial charge in [0.15, 0.2) is 0 Å². The molecule has 0 unspecified atom stereocenters. The molecule has 2 aromatic carbocycles. The number of carbonyl (C=O) groups is 1. The first kappa shape index (κ1) is 13.2. The van der Waals surface area contributed by atoms with Crippen LogP contribution in [0.5, 0.6) is 0 Å². The van der Waals surface area contributed by atoms with Gasteiger partial charge in [0.1, 0.15) is 0 Å². The van der Waals surface area contributed by atoms with Crippen molar-refractivity contribution in [3.63, 3.8) is 0 Å². The SMILES string of the molecule is Cc1ccc(NC(=O)N2Cc3ccc(Br)cc3C2)cc1. The average Bonchev–Trinajstić information content (AvgIpc) is 2.84. The van der Waals surface area contributed by atoms with Crippen LogP contribution >= 0.6 is 15.9 Å². The van der Waals surface area contributed by atoms with E-state index in [2.05, 4.69) is 33.4 Å². The highest BCUT2D eigenvalue weighted by Gasteiger charge is 2.23. The second kappa shape index (κ2) is 5.29. The number of nitrogens with one attached hydrogen (secondary N) is 1. The maximum absolute atomic E-state index is 12.3. The van der Waals surface area contributed by atoms with Gasteiger partial charge < -0.3 is 10.2 Å². The molecule has 1 N–H and O–H groups in total. The largest absolute Gasteiger partial charge is 0.322 e. The van der Waals surface area contributed by atoms with E-state index in [1.54, 1.807) is 0 Å². The summed E-state index contributed by atoms with van der Waals surface area (Å²) in [7, 11) is 0. The molecular weight excluding hydrogens is 316 g/mol. The molecule has 0 aromatic heterocycles. The lowest BCUT2D eigenvalue weighted by Crippen LogP contribution is -2.30. The van der Waals surface area contributed by atoms with Crippen LogP contribution in [-0.2, 0) is 13.1 Å². The lowest BCUT2D eigenvalue weighted by atomic mass is 10.1.